The summed E-state index contributed by atoms with van der Waals surface area (Å²) < 4.78 is 11.9. The van der Waals surface area contributed by atoms with E-state index in [0.717, 1.165) is 40.9 Å². The molecule has 0 unspecified atom stereocenters. The summed E-state index contributed by atoms with van der Waals surface area (Å²) in [6.45, 7) is 0.788. The van der Waals surface area contributed by atoms with Gasteiger partial charge in [0.05, 0.1) is 4.47 Å². The third-order valence-electron chi connectivity index (χ3n) is 2.99. The van der Waals surface area contributed by atoms with Crippen LogP contribution in [-0.2, 0) is 17.3 Å². The van der Waals surface area contributed by atoms with Crippen LogP contribution in [0.25, 0.3) is 0 Å². The molecule has 2 rings (SSSR count). The molecule has 0 amide bonds. The van der Waals surface area contributed by atoms with Crippen LogP contribution in [0.2, 0.25) is 0 Å². The third kappa shape index (κ3) is 3.79. The SMILES string of the molecule is O=S1CCC(NCc2ccc(O)c(Br)c2)CC1. The molecule has 1 aromatic rings. The van der Waals surface area contributed by atoms with Crippen molar-refractivity contribution >= 4 is 26.7 Å². The van der Waals surface area contributed by atoms with Gasteiger partial charge in [-0.3, -0.25) is 4.21 Å². The maximum Gasteiger partial charge on any atom is 0.129 e. The summed E-state index contributed by atoms with van der Waals surface area (Å²) in [5, 5.41) is 12.9. The number of aromatic hydroxyl groups is 1. The molecule has 0 atom stereocenters. The first kappa shape index (κ1) is 13.1. The molecule has 1 aliphatic heterocycles. The van der Waals surface area contributed by atoms with Crippen molar-refractivity contribution in [1.82, 2.24) is 5.32 Å². The van der Waals surface area contributed by atoms with E-state index in [1.165, 1.54) is 0 Å². The van der Waals surface area contributed by atoms with E-state index >= 15 is 0 Å². The van der Waals surface area contributed by atoms with Gasteiger partial charge in [0.2, 0.25) is 0 Å². The summed E-state index contributed by atoms with van der Waals surface area (Å²) in [6.07, 6.45) is 1.98. The monoisotopic (exact) mass is 317 g/mol. The first-order chi connectivity index (χ1) is 8.15. The van der Waals surface area contributed by atoms with Gasteiger partial charge in [-0.05, 0) is 46.5 Å². The first-order valence-electron chi connectivity index (χ1n) is 5.71. The fraction of sp³-hybridized carbons (Fsp3) is 0.500. The zero-order valence-electron chi connectivity index (χ0n) is 9.49. The molecule has 0 radical (unpaired) electrons. The summed E-state index contributed by atoms with van der Waals surface area (Å²) in [5.74, 6) is 1.90. The van der Waals surface area contributed by atoms with Crippen LogP contribution < -0.4 is 5.32 Å². The van der Waals surface area contributed by atoms with E-state index in [9.17, 15) is 9.32 Å². The van der Waals surface area contributed by atoms with Gasteiger partial charge in [0.15, 0.2) is 0 Å². The van der Waals surface area contributed by atoms with E-state index in [2.05, 4.69) is 21.2 Å². The fourth-order valence-electron chi connectivity index (χ4n) is 1.92. The highest BCUT2D eigenvalue weighted by Crippen LogP contribution is 2.24. The Morgan fingerprint density at radius 2 is 2.12 bits per heavy atom. The summed E-state index contributed by atoms with van der Waals surface area (Å²) in [4.78, 5) is 0. The minimum atomic E-state index is -0.596. The van der Waals surface area contributed by atoms with Crippen LogP contribution in [0, 0.1) is 0 Å². The van der Waals surface area contributed by atoms with Crippen molar-refractivity contribution in [3.8, 4) is 5.75 Å². The van der Waals surface area contributed by atoms with Crippen LogP contribution in [0.3, 0.4) is 0 Å². The molecule has 2 N–H and O–H groups in total. The van der Waals surface area contributed by atoms with Gasteiger partial charge in [0, 0.05) is 34.9 Å². The molecule has 3 nitrogen and oxygen atoms in total. The normalized spacial score (nSPS) is 24.8. The smallest absolute Gasteiger partial charge is 0.129 e. The van der Waals surface area contributed by atoms with Crippen molar-refractivity contribution in [1.29, 1.82) is 0 Å². The minimum Gasteiger partial charge on any atom is -0.507 e. The molecule has 1 fully saturated rings. The van der Waals surface area contributed by atoms with Crippen molar-refractivity contribution in [2.75, 3.05) is 11.5 Å². The lowest BCUT2D eigenvalue weighted by Crippen LogP contribution is -2.35. The third-order valence-corrected chi connectivity index (χ3v) is 5.01. The molecule has 5 heteroatoms. The zero-order valence-corrected chi connectivity index (χ0v) is 11.9. The maximum absolute atomic E-state index is 11.2. The van der Waals surface area contributed by atoms with Crippen molar-refractivity contribution in [2.24, 2.45) is 0 Å². The average Bonchev–Trinajstić information content (AvgIpc) is 2.33. The van der Waals surface area contributed by atoms with Crippen molar-refractivity contribution in [3.63, 3.8) is 0 Å². The van der Waals surface area contributed by atoms with Crippen LogP contribution in [0.4, 0.5) is 0 Å². The Morgan fingerprint density at radius 1 is 1.41 bits per heavy atom. The van der Waals surface area contributed by atoms with Crippen LogP contribution in [0.1, 0.15) is 18.4 Å². The quantitative estimate of drug-likeness (QED) is 0.898. The number of hydrogen-bond acceptors (Lipinski definition) is 3. The molecule has 0 aliphatic carbocycles. The summed E-state index contributed by atoms with van der Waals surface area (Å²) in [7, 11) is -0.596. The largest absolute Gasteiger partial charge is 0.507 e. The number of phenols is 1. The molecular weight excluding hydrogens is 302 g/mol. The highest BCUT2D eigenvalue weighted by molar-refractivity contribution is 9.10. The molecule has 1 heterocycles. The van der Waals surface area contributed by atoms with Gasteiger partial charge in [-0.25, -0.2) is 0 Å². The van der Waals surface area contributed by atoms with Gasteiger partial charge in [-0.1, -0.05) is 6.07 Å². The molecular formula is C12H16BrNO2S. The van der Waals surface area contributed by atoms with Crippen LogP contribution in [-0.4, -0.2) is 26.9 Å². The van der Waals surface area contributed by atoms with Gasteiger partial charge < -0.3 is 10.4 Å². The van der Waals surface area contributed by atoms with Crippen LogP contribution in [0.15, 0.2) is 22.7 Å². The number of phenolic OH excluding ortho intramolecular Hbond substituents is 1. The van der Waals surface area contributed by atoms with Crippen molar-refractivity contribution in [2.45, 2.75) is 25.4 Å². The number of nitrogens with one attached hydrogen (secondary N) is 1. The molecule has 1 saturated heterocycles. The predicted molar refractivity (Wildman–Crippen MR) is 73.5 cm³/mol. The van der Waals surface area contributed by atoms with E-state index in [4.69, 9.17) is 0 Å². The molecule has 0 bridgehead atoms. The lowest BCUT2D eigenvalue weighted by atomic mass is 10.1. The Kier molecular flexibility index (Phi) is 4.59. The number of halogens is 1. The zero-order chi connectivity index (χ0) is 12.3. The Morgan fingerprint density at radius 3 is 2.76 bits per heavy atom. The lowest BCUT2D eigenvalue weighted by Gasteiger charge is -2.22. The summed E-state index contributed by atoms with van der Waals surface area (Å²) in [6, 6.07) is 5.99. The van der Waals surface area contributed by atoms with E-state index in [-0.39, 0.29) is 5.75 Å². The number of rotatable bonds is 3. The molecule has 0 saturated carbocycles. The van der Waals surface area contributed by atoms with E-state index in [0.29, 0.717) is 6.04 Å². The van der Waals surface area contributed by atoms with Crippen molar-refractivity contribution in [3.05, 3.63) is 28.2 Å². The summed E-state index contributed by atoms with van der Waals surface area (Å²) >= 11 is 3.30. The molecule has 1 aromatic carbocycles. The highest BCUT2D eigenvalue weighted by Gasteiger charge is 2.16. The molecule has 17 heavy (non-hydrogen) atoms. The lowest BCUT2D eigenvalue weighted by molar-refractivity contribution is 0.467. The average molecular weight is 318 g/mol. The fourth-order valence-corrected chi connectivity index (χ4v) is 3.65. The van der Waals surface area contributed by atoms with Crippen LogP contribution in [0.5, 0.6) is 5.75 Å². The summed E-state index contributed by atoms with van der Waals surface area (Å²) in [5.41, 5.74) is 1.14. The number of hydrogen-bond donors (Lipinski definition) is 2. The topological polar surface area (TPSA) is 49.3 Å². The predicted octanol–water partition coefficient (Wildman–Crippen LogP) is 2.16. The van der Waals surface area contributed by atoms with E-state index in [1.54, 1.807) is 6.07 Å². The van der Waals surface area contributed by atoms with Gasteiger partial charge in [0.25, 0.3) is 0 Å². The molecule has 0 spiro atoms. The molecule has 94 valence electrons. The highest BCUT2D eigenvalue weighted by atomic mass is 79.9. The van der Waals surface area contributed by atoms with Gasteiger partial charge in [-0.15, -0.1) is 0 Å². The maximum atomic E-state index is 11.2. The second-order valence-corrected chi connectivity index (χ2v) is 6.84. The Bertz CT molecular complexity index is 415. The standard InChI is InChI=1S/C12H16BrNO2S/c13-11-7-9(1-2-12(11)15)8-14-10-3-5-17(16)6-4-10/h1-2,7,10,14-15H,3-6,8H2. The Balaban J connectivity index is 1.85. The van der Waals surface area contributed by atoms with Gasteiger partial charge in [-0.2, -0.15) is 0 Å². The molecule has 0 aromatic heterocycles. The second-order valence-electron chi connectivity index (χ2n) is 4.29. The minimum absolute atomic E-state index is 0.266. The van der Waals surface area contributed by atoms with Gasteiger partial charge in [0.1, 0.15) is 5.75 Å². The number of benzene rings is 1. The van der Waals surface area contributed by atoms with Crippen LogP contribution >= 0.6 is 15.9 Å². The second kappa shape index (κ2) is 5.98. The van der Waals surface area contributed by atoms with E-state index in [1.807, 2.05) is 12.1 Å². The molecule has 1 aliphatic rings. The van der Waals surface area contributed by atoms with Crippen molar-refractivity contribution < 1.29 is 9.32 Å². The Hall–Kier alpha value is -0.390. The Labute approximate surface area is 112 Å². The van der Waals surface area contributed by atoms with Gasteiger partial charge >= 0.3 is 0 Å². The van der Waals surface area contributed by atoms with E-state index < -0.39 is 10.8 Å². The first-order valence-corrected chi connectivity index (χ1v) is 7.99.